The zero-order valence-electron chi connectivity index (χ0n) is 15.6. The zero-order chi connectivity index (χ0) is 21.7. The summed E-state index contributed by atoms with van der Waals surface area (Å²) < 4.78 is 38.0. The molecule has 1 heterocycles. The van der Waals surface area contributed by atoms with Gasteiger partial charge in [-0.1, -0.05) is 36.0 Å². The molecule has 3 rings (SSSR count). The van der Waals surface area contributed by atoms with Crippen LogP contribution in [0.3, 0.4) is 0 Å². The number of carbonyl (C=O) groups is 2. The van der Waals surface area contributed by atoms with E-state index in [-0.39, 0.29) is 5.56 Å². The Morgan fingerprint density at radius 1 is 1.07 bits per heavy atom. The lowest BCUT2D eigenvalue weighted by Crippen LogP contribution is -2.49. The van der Waals surface area contributed by atoms with Crippen molar-refractivity contribution in [3.8, 4) is 11.1 Å². The van der Waals surface area contributed by atoms with E-state index in [2.05, 4.69) is 15.6 Å². The molecule has 0 fully saturated rings. The van der Waals surface area contributed by atoms with E-state index >= 15 is 0 Å². The molecule has 2 amide bonds. The number of halogens is 3. The Morgan fingerprint density at radius 2 is 1.67 bits per heavy atom. The molecule has 3 N–H and O–H groups in total. The summed E-state index contributed by atoms with van der Waals surface area (Å²) >= 11 is 1.38. The number of nitrogens with one attached hydrogen (secondary N) is 2. The number of nitrogens with zero attached hydrogens (tertiary/aromatic N) is 1. The number of alkyl halides is 3. The van der Waals surface area contributed by atoms with Crippen molar-refractivity contribution in [3.63, 3.8) is 0 Å². The van der Waals surface area contributed by atoms with Crippen LogP contribution in [0, 0.1) is 0 Å². The van der Waals surface area contributed by atoms with Crippen LogP contribution >= 0.6 is 11.8 Å². The van der Waals surface area contributed by atoms with Crippen LogP contribution in [0.25, 0.3) is 11.1 Å². The van der Waals surface area contributed by atoms with Crippen LogP contribution in [0.5, 0.6) is 0 Å². The quantitative estimate of drug-likeness (QED) is 0.671. The molecule has 1 atom stereocenters. The molecular formula is C20H18F3N3O3S. The summed E-state index contributed by atoms with van der Waals surface area (Å²) in [6, 6.07) is 9.72. The number of hydrogen-bond acceptors (Lipinski definition) is 5. The summed E-state index contributed by atoms with van der Waals surface area (Å²) in [4.78, 5) is 28.6. The first kappa shape index (κ1) is 21.8. The monoisotopic (exact) mass is 437 g/mol. The third-order valence-corrected chi connectivity index (χ3v) is 5.20. The van der Waals surface area contributed by atoms with E-state index in [0.29, 0.717) is 22.8 Å². The lowest BCUT2D eigenvalue weighted by molar-refractivity contribution is -0.137. The minimum Gasteiger partial charge on any atom is -0.394 e. The first-order valence-corrected chi connectivity index (χ1v) is 9.94. The molecular weight excluding hydrogens is 419 g/mol. The summed E-state index contributed by atoms with van der Waals surface area (Å²) in [6.07, 6.45) is -4.40. The smallest absolute Gasteiger partial charge is 0.394 e. The van der Waals surface area contributed by atoms with Crippen molar-refractivity contribution < 1.29 is 27.9 Å². The number of aliphatic hydroxyl groups excluding tert-OH is 1. The van der Waals surface area contributed by atoms with Gasteiger partial charge >= 0.3 is 6.18 Å². The lowest BCUT2D eigenvalue weighted by atomic mass is 10.0. The molecule has 6 nitrogen and oxygen atoms in total. The van der Waals surface area contributed by atoms with Crippen molar-refractivity contribution in [1.82, 2.24) is 10.6 Å². The van der Waals surface area contributed by atoms with Gasteiger partial charge in [0.25, 0.3) is 11.8 Å². The summed E-state index contributed by atoms with van der Waals surface area (Å²) in [5.74, 6) is -0.374. The molecule has 30 heavy (non-hydrogen) atoms. The highest BCUT2D eigenvalue weighted by Crippen LogP contribution is 2.31. The molecule has 0 spiro atoms. The van der Waals surface area contributed by atoms with Crippen molar-refractivity contribution in [2.24, 2.45) is 4.99 Å². The lowest BCUT2D eigenvalue weighted by Gasteiger charge is -2.16. The molecule has 1 aliphatic rings. The van der Waals surface area contributed by atoms with Crippen molar-refractivity contribution in [2.45, 2.75) is 12.2 Å². The highest BCUT2D eigenvalue weighted by Gasteiger charge is 2.30. The fourth-order valence-corrected chi connectivity index (χ4v) is 3.44. The van der Waals surface area contributed by atoms with Crippen molar-refractivity contribution in [1.29, 1.82) is 0 Å². The number of thioether (sulfide) groups is 1. The summed E-state index contributed by atoms with van der Waals surface area (Å²) in [5.41, 5.74) is 0.701. The normalized spacial score (nSPS) is 14.7. The Bertz CT molecular complexity index is 945. The highest BCUT2D eigenvalue weighted by atomic mass is 32.2. The summed E-state index contributed by atoms with van der Waals surface area (Å²) in [5, 5.41) is 14.9. The van der Waals surface area contributed by atoms with E-state index in [1.165, 1.54) is 36.0 Å². The van der Waals surface area contributed by atoms with Gasteiger partial charge in [0, 0.05) is 11.3 Å². The van der Waals surface area contributed by atoms with Crippen molar-refractivity contribution in [3.05, 3.63) is 59.7 Å². The average Bonchev–Trinajstić information content (AvgIpc) is 3.24. The molecule has 0 saturated heterocycles. The van der Waals surface area contributed by atoms with Gasteiger partial charge in [0.15, 0.2) is 5.17 Å². The number of aliphatic hydroxyl groups is 1. The molecule has 0 bridgehead atoms. The number of benzene rings is 2. The van der Waals surface area contributed by atoms with Gasteiger partial charge in [-0.15, -0.1) is 0 Å². The SMILES string of the molecule is O=C(N[C@@H](CO)C(=O)NC1=NCCS1)c1ccc(-c2ccc(C(F)(F)F)cc2)cc1. The van der Waals surface area contributed by atoms with Gasteiger partial charge in [-0.3, -0.25) is 14.6 Å². The maximum Gasteiger partial charge on any atom is 0.416 e. The van der Waals surface area contributed by atoms with Gasteiger partial charge in [0.05, 0.1) is 18.7 Å². The standard InChI is InChI=1S/C20H18F3N3O3S/c21-20(22,23)15-7-5-13(6-8-15)12-1-3-14(4-2-12)17(28)25-16(11-27)18(29)26-19-24-9-10-30-19/h1-8,16,27H,9-11H2,(H,25,28)(H,24,26,29)/t16-/m0/s1. The third kappa shape index (κ3) is 5.39. The number of carbonyl (C=O) groups excluding carboxylic acids is 2. The van der Waals surface area contributed by atoms with Gasteiger partial charge < -0.3 is 15.7 Å². The van der Waals surface area contributed by atoms with E-state index in [4.69, 9.17) is 0 Å². The second kappa shape index (κ2) is 9.31. The molecule has 0 unspecified atom stereocenters. The van der Waals surface area contributed by atoms with Crippen LogP contribution < -0.4 is 10.6 Å². The largest absolute Gasteiger partial charge is 0.416 e. The number of rotatable bonds is 5. The second-order valence-corrected chi connectivity index (χ2v) is 7.47. The van der Waals surface area contributed by atoms with Crippen LogP contribution in [-0.2, 0) is 11.0 Å². The minimum absolute atomic E-state index is 0.240. The molecule has 0 radical (unpaired) electrons. The fourth-order valence-electron chi connectivity index (χ4n) is 2.70. The van der Waals surface area contributed by atoms with Crippen molar-refractivity contribution >= 4 is 28.7 Å². The highest BCUT2D eigenvalue weighted by molar-refractivity contribution is 8.14. The number of aliphatic imine (C=N–C) groups is 1. The Labute approximate surface area is 174 Å². The van der Waals surface area contributed by atoms with E-state index in [1.54, 1.807) is 12.1 Å². The van der Waals surface area contributed by atoms with Gasteiger partial charge in [-0.25, -0.2) is 0 Å². The molecule has 2 aromatic rings. The molecule has 0 aromatic heterocycles. The molecule has 10 heteroatoms. The minimum atomic E-state index is -4.40. The second-order valence-electron chi connectivity index (χ2n) is 6.39. The topological polar surface area (TPSA) is 90.8 Å². The Kier molecular flexibility index (Phi) is 6.78. The van der Waals surface area contributed by atoms with E-state index in [1.807, 2.05) is 0 Å². The van der Waals surface area contributed by atoms with Gasteiger partial charge in [-0.05, 0) is 35.4 Å². The fraction of sp³-hybridized carbons (Fsp3) is 0.250. The van der Waals surface area contributed by atoms with Crippen LogP contribution in [0.4, 0.5) is 13.2 Å². The first-order valence-electron chi connectivity index (χ1n) is 8.95. The number of hydrogen-bond donors (Lipinski definition) is 3. The van der Waals surface area contributed by atoms with Crippen LogP contribution in [-0.4, -0.2) is 47.0 Å². The zero-order valence-corrected chi connectivity index (χ0v) is 16.4. The van der Waals surface area contributed by atoms with Gasteiger partial charge in [0.1, 0.15) is 6.04 Å². The van der Waals surface area contributed by atoms with E-state index in [0.717, 1.165) is 17.9 Å². The van der Waals surface area contributed by atoms with Crippen LogP contribution in [0.2, 0.25) is 0 Å². The Balaban J connectivity index is 1.64. The maximum absolute atomic E-state index is 12.7. The Morgan fingerprint density at radius 3 is 2.17 bits per heavy atom. The third-order valence-electron chi connectivity index (χ3n) is 4.31. The molecule has 0 aliphatic carbocycles. The average molecular weight is 437 g/mol. The van der Waals surface area contributed by atoms with Crippen LogP contribution in [0.15, 0.2) is 53.5 Å². The molecule has 158 valence electrons. The molecule has 2 aromatic carbocycles. The summed E-state index contributed by atoms with van der Waals surface area (Å²) in [6.45, 7) is 0.0148. The maximum atomic E-state index is 12.7. The predicted octanol–water partition coefficient (Wildman–Crippen LogP) is 2.68. The summed E-state index contributed by atoms with van der Waals surface area (Å²) in [7, 11) is 0. The van der Waals surface area contributed by atoms with Crippen molar-refractivity contribution in [2.75, 3.05) is 18.9 Å². The van der Waals surface area contributed by atoms with Crippen LogP contribution in [0.1, 0.15) is 15.9 Å². The van der Waals surface area contributed by atoms with Gasteiger partial charge in [0.2, 0.25) is 0 Å². The van der Waals surface area contributed by atoms with Gasteiger partial charge in [-0.2, -0.15) is 13.2 Å². The van der Waals surface area contributed by atoms with E-state index in [9.17, 15) is 27.9 Å². The van der Waals surface area contributed by atoms with E-state index < -0.39 is 36.2 Å². The number of amidine groups is 1. The molecule has 1 aliphatic heterocycles. The Hall–Kier alpha value is -2.85. The predicted molar refractivity (Wildman–Crippen MR) is 108 cm³/mol. The number of amides is 2. The molecule has 0 saturated carbocycles. The first-order chi connectivity index (χ1) is 14.3.